The molecule has 0 saturated heterocycles. The van der Waals surface area contributed by atoms with Gasteiger partial charge in [0.1, 0.15) is 6.61 Å². The molecule has 1 aromatic carbocycles. The molecule has 0 aliphatic carbocycles. The Morgan fingerprint density at radius 2 is 1.95 bits per heavy atom. The number of ether oxygens (including phenoxy) is 1. The fraction of sp³-hybridized carbons (Fsp3) is 0.188. The lowest BCUT2D eigenvalue weighted by Gasteiger charge is -2.15. The molecule has 0 fully saturated rings. The Kier molecular flexibility index (Phi) is 4.10. The van der Waals surface area contributed by atoms with Gasteiger partial charge >= 0.3 is 0 Å². The van der Waals surface area contributed by atoms with Gasteiger partial charge in [-0.2, -0.15) is 4.39 Å². The van der Waals surface area contributed by atoms with Crippen LogP contribution in [0.3, 0.4) is 0 Å². The van der Waals surface area contributed by atoms with Crippen LogP contribution in [0.1, 0.15) is 13.0 Å². The van der Waals surface area contributed by atoms with E-state index in [0.29, 0.717) is 12.4 Å². The molecule has 5 heteroatoms. The van der Waals surface area contributed by atoms with Crippen molar-refractivity contribution in [2.45, 2.75) is 13.0 Å². The molecule has 0 spiro atoms. The molecule has 2 heterocycles. The second kappa shape index (κ2) is 6.01. The first-order chi connectivity index (χ1) is 10.1. The largest absolute Gasteiger partial charge is 0.489 e. The molecule has 1 unspecified atom stereocenters. The first-order valence-electron chi connectivity index (χ1n) is 6.63. The van der Waals surface area contributed by atoms with Crippen LogP contribution in [-0.4, -0.2) is 16.2 Å². The minimum absolute atomic E-state index is 0.179. The number of halogens is 2. The van der Waals surface area contributed by atoms with Crippen molar-refractivity contribution < 1.29 is 9.13 Å². The second-order valence-electron chi connectivity index (χ2n) is 4.93. The molecule has 3 aromatic rings. The van der Waals surface area contributed by atoms with Gasteiger partial charge in [-0.1, -0.05) is 24.3 Å². The predicted molar refractivity (Wildman–Crippen MR) is 89.1 cm³/mol. The Hall–Kier alpha value is -1.63. The highest BCUT2D eigenvalue weighted by Gasteiger charge is 2.09. The fourth-order valence-electron chi connectivity index (χ4n) is 2.16. The Morgan fingerprint density at radius 3 is 2.57 bits per heavy atom. The van der Waals surface area contributed by atoms with Crippen LogP contribution in [0.15, 0.2) is 48.9 Å². The normalized spacial score (nSPS) is 12.5. The van der Waals surface area contributed by atoms with Gasteiger partial charge in [0, 0.05) is 18.5 Å². The minimum atomic E-state index is -0.489. The molecule has 0 saturated carbocycles. The van der Waals surface area contributed by atoms with E-state index in [0.717, 1.165) is 3.57 Å². The molecule has 3 nitrogen and oxygen atoms in total. The first-order valence-corrected chi connectivity index (χ1v) is 7.71. The molecule has 21 heavy (non-hydrogen) atoms. The molecule has 2 aromatic heterocycles. The Morgan fingerprint density at radius 1 is 1.29 bits per heavy atom. The smallest absolute Gasteiger partial charge is 0.214 e. The van der Waals surface area contributed by atoms with Gasteiger partial charge in [-0.05, 0) is 40.3 Å². The third kappa shape index (κ3) is 3.18. The Labute approximate surface area is 135 Å². The monoisotopic (exact) mass is 396 g/mol. The summed E-state index contributed by atoms with van der Waals surface area (Å²) in [6.07, 6.45) is 5.64. The van der Waals surface area contributed by atoms with Gasteiger partial charge in [-0.3, -0.25) is 0 Å². The van der Waals surface area contributed by atoms with Crippen molar-refractivity contribution in [3.05, 3.63) is 58.4 Å². The molecule has 0 aliphatic rings. The van der Waals surface area contributed by atoms with Crippen molar-refractivity contribution in [3.8, 4) is 5.75 Å². The highest BCUT2D eigenvalue weighted by molar-refractivity contribution is 14.1. The van der Waals surface area contributed by atoms with E-state index in [1.54, 1.807) is 0 Å². The van der Waals surface area contributed by atoms with Gasteiger partial charge < -0.3 is 9.30 Å². The maximum absolute atomic E-state index is 13.0. The number of pyridine rings is 1. The number of aromatic nitrogens is 2. The highest BCUT2D eigenvalue weighted by atomic mass is 127. The maximum atomic E-state index is 13.0. The van der Waals surface area contributed by atoms with Crippen molar-refractivity contribution in [2.24, 2.45) is 0 Å². The summed E-state index contributed by atoms with van der Waals surface area (Å²) in [5.41, 5.74) is 0. The van der Waals surface area contributed by atoms with E-state index in [-0.39, 0.29) is 6.04 Å². The fourth-order valence-corrected chi connectivity index (χ4v) is 2.71. The summed E-state index contributed by atoms with van der Waals surface area (Å²) in [5.74, 6) is 0.122. The lowest BCUT2D eigenvalue weighted by molar-refractivity contribution is 0.258. The van der Waals surface area contributed by atoms with Crippen molar-refractivity contribution >= 4 is 33.4 Å². The third-order valence-corrected chi connectivity index (χ3v) is 4.19. The molecule has 3 rings (SSSR count). The van der Waals surface area contributed by atoms with E-state index in [9.17, 15) is 4.39 Å². The number of nitrogens with zero attached hydrogens (tertiary/aromatic N) is 2. The summed E-state index contributed by atoms with van der Waals surface area (Å²) in [4.78, 5) is 3.62. The summed E-state index contributed by atoms with van der Waals surface area (Å²) < 4.78 is 21.6. The summed E-state index contributed by atoms with van der Waals surface area (Å²) >= 11 is 2.05. The van der Waals surface area contributed by atoms with E-state index >= 15 is 0 Å². The van der Waals surface area contributed by atoms with E-state index in [1.807, 2.05) is 34.7 Å². The zero-order valence-electron chi connectivity index (χ0n) is 11.5. The van der Waals surface area contributed by atoms with Crippen LogP contribution >= 0.6 is 22.6 Å². The number of hydrogen-bond donors (Lipinski definition) is 0. The number of rotatable bonds is 4. The first kappa shape index (κ1) is 14.3. The van der Waals surface area contributed by atoms with Crippen LogP contribution in [0, 0.1) is 9.52 Å². The number of hydrogen-bond acceptors (Lipinski definition) is 2. The van der Waals surface area contributed by atoms with Crippen LogP contribution < -0.4 is 4.74 Å². The topological polar surface area (TPSA) is 27.1 Å². The third-order valence-electron chi connectivity index (χ3n) is 3.35. The molecular formula is C16H14FIN2O. The highest BCUT2D eigenvalue weighted by Crippen LogP contribution is 2.22. The molecule has 0 amide bonds. The quantitative estimate of drug-likeness (QED) is 0.482. The average molecular weight is 396 g/mol. The second-order valence-corrected chi connectivity index (χ2v) is 6.09. The standard InChI is InChI=1S/C16H14FIN2O/c1-11(10-21-15-7-19-16(17)6-14(15)18)20-8-12-4-2-3-5-13(12)9-20/h2-9,11H,10H2,1H3. The summed E-state index contributed by atoms with van der Waals surface area (Å²) in [6, 6.07) is 9.78. The predicted octanol–water partition coefficient (Wildman–Crippen LogP) is 4.42. The summed E-state index contributed by atoms with van der Waals surface area (Å²) in [7, 11) is 0. The average Bonchev–Trinajstić information content (AvgIpc) is 2.90. The number of fused-ring (bicyclic) bond motifs is 1. The van der Waals surface area contributed by atoms with E-state index in [1.165, 1.54) is 23.0 Å². The van der Waals surface area contributed by atoms with Gasteiger partial charge in [0.15, 0.2) is 5.75 Å². The van der Waals surface area contributed by atoms with Crippen LogP contribution in [-0.2, 0) is 0 Å². The van der Waals surface area contributed by atoms with Crippen LogP contribution in [0.4, 0.5) is 4.39 Å². The molecular weight excluding hydrogens is 382 g/mol. The molecule has 1 atom stereocenters. The SMILES string of the molecule is CC(COc1cnc(F)cc1I)n1cc2ccccc2c1. The molecule has 0 aliphatic heterocycles. The maximum Gasteiger partial charge on any atom is 0.214 e. The van der Waals surface area contributed by atoms with Gasteiger partial charge in [-0.25, -0.2) is 4.98 Å². The zero-order chi connectivity index (χ0) is 14.8. The Balaban J connectivity index is 1.72. The van der Waals surface area contributed by atoms with Crippen LogP contribution in [0.25, 0.3) is 10.8 Å². The summed E-state index contributed by atoms with van der Waals surface area (Å²) in [5, 5.41) is 2.42. The van der Waals surface area contributed by atoms with Gasteiger partial charge in [0.2, 0.25) is 5.95 Å². The Bertz CT molecular complexity index is 739. The minimum Gasteiger partial charge on any atom is -0.489 e. The van der Waals surface area contributed by atoms with Gasteiger partial charge in [0.25, 0.3) is 0 Å². The van der Waals surface area contributed by atoms with Crippen molar-refractivity contribution in [1.82, 2.24) is 9.55 Å². The van der Waals surface area contributed by atoms with E-state index in [4.69, 9.17) is 4.74 Å². The van der Waals surface area contributed by atoms with Crippen molar-refractivity contribution in [2.75, 3.05) is 6.61 Å². The number of benzene rings is 1. The van der Waals surface area contributed by atoms with E-state index < -0.39 is 5.95 Å². The molecule has 0 radical (unpaired) electrons. The van der Waals surface area contributed by atoms with Gasteiger partial charge in [-0.15, -0.1) is 0 Å². The van der Waals surface area contributed by atoms with Crippen molar-refractivity contribution in [3.63, 3.8) is 0 Å². The summed E-state index contributed by atoms with van der Waals surface area (Å²) in [6.45, 7) is 2.59. The molecule has 0 N–H and O–H groups in total. The zero-order valence-corrected chi connectivity index (χ0v) is 13.6. The van der Waals surface area contributed by atoms with Gasteiger partial charge in [0.05, 0.1) is 15.8 Å². The molecule has 0 bridgehead atoms. The lowest BCUT2D eigenvalue weighted by Crippen LogP contribution is -2.13. The van der Waals surface area contributed by atoms with E-state index in [2.05, 4.69) is 41.0 Å². The van der Waals surface area contributed by atoms with Crippen molar-refractivity contribution in [1.29, 1.82) is 0 Å². The molecule has 108 valence electrons. The lowest BCUT2D eigenvalue weighted by atomic mass is 10.2. The van der Waals surface area contributed by atoms with Crippen LogP contribution in [0.2, 0.25) is 0 Å². The van der Waals surface area contributed by atoms with Crippen LogP contribution in [0.5, 0.6) is 5.75 Å².